The normalized spacial score (nSPS) is 13.7. The minimum absolute atomic E-state index is 0.0737. The Morgan fingerprint density at radius 1 is 0.585 bits per heavy atom. The molecule has 0 radical (unpaired) electrons. The van der Waals surface area contributed by atoms with Crippen molar-refractivity contribution in [2.24, 2.45) is 17.6 Å². The zero-order valence-corrected chi connectivity index (χ0v) is 50.2. The van der Waals surface area contributed by atoms with Crippen LogP contribution in [0.4, 0.5) is 45.9 Å². The van der Waals surface area contributed by atoms with Crippen LogP contribution in [0.15, 0.2) is 106 Å². The molecule has 17 nitrogen and oxygen atoms in total. The second-order valence-corrected chi connectivity index (χ2v) is 21.5. The molecule has 3 amide bonds. The first kappa shape index (κ1) is 62.8. The van der Waals surface area contributed by atoms with Crippen LogP contribution in [0.1, 0.15) is 52.4 Å². The third kappa shape index (κ3) is 18.1. The van der Waals surface area contributed by atoms with Gasteiger partial charge in [0.25, 0.3) is 0 Å². The van der Waals surface area contributed by atoms with Gasteiger partial charge < -0.3 is 64.6 Å². The fourth-order valence-electron chi connectivity index (χ4n) is 9.60. The molecule has 2 aliphatic heterocycles. The molecule has 6 aromatic rings. The van der Waals surface area contributed by atoms with E-state index in [1.54, 1.807) is 48.3 Å². The van der Waals surface area contributed by atoms with Gasteiger partial charge in [-0.2, -0.15) is 0 Å². The van der Waals surface area contributed by atoms with Crippen molar-refractivity contribution >= 4 is 94.4 Å². The molecular weight excluding hydrogens is 1190 g/mol. The number of rotatable bonds is 25. The summed E-state index contributed by atoms with van der Waals surface area (Å²) in [6, 6.07) is 28.8. The molecule has 442 valence electrons. The van der Waals surface area contributed by atoms with Crippen molar-refractivity contribution in [3.05, 3.63) is 118 Å². The number of halogens is 4. The van der Waals surface area contributed by atoms with Gasteiger partial charge in [-0.3, -0.25) is 4.90 Å². The summed E-state index contributed by atoms with van der Waals surface area (Å²) in [5.74, 6) is 1.90. The minimum atomic E-state index is -0.535. The van der Waals surface area contributed by atoms with E-state index >= 15 is 0 Å². The highest BCUT2D eigenvalue weighted by atomic mass is 79.9. The fraction of sp³-hybridized carbons (Fsp3) is 0.426. The maximum atomic E-state index is 14.7. The zero-order valence-electron chi connectivity index (χ0n) is 47.0. The molecule has 2 saturated heterocycles. The van der Waals surface area contributed by atoms with E-state index in [9.17, 15) is 23.2 Å². The second-order valence-electron chi connectivity index (χ2n) is 19.7. The lowest BCUT2D eigenvalue weighted by Gasteiger charge is -2.32. The van der Waals surface area contributed by atoms with Gasteiger partial charge in [0.05, 0.1) is 38.8 Å². The molecule has 2 aliphatic rings. The average Bonchev–Trinajstić information content (AvgIpc) is 3.53. The Bertz CT molecular complexity index is 2870. The summed E-state index contributed by atoms with van der Waals surface area (Å²) in [5, 5.41) is 12.6. The van der Waals surface area contributed by atoms with Crippen LogP contribution in [-0.4, -0.2) is 139 Å². The largest absolute Gasteiger partial charge is 0.493 e. The van der Waals surface area contributed by atoms with E-state index < -0.39 is 18.3 Å². The van der Waals surface area contributed by atoms with Crippen LogP contribution in [0.3, 0.4) is 0 Å². The lowest BCUT2D eigenvalue weighted by molar-refractivity contribution is 0.0560. The first-order valence-electron chi connectivity index (χ1n) is 28.0. The van der Waals surface area contributed by atoms with E-state index in [4.69, 9.17) is 38.9 Å². The molecule has 0 bridgehead atoms. The summed E-state index contributed by atoms with van der Waals surface area (Å²) < 4.78 is 71.7. The molecule has 0 aromatic heterocycles. The third-order valence-corrected chi connectivity index (χ3v) is 15.2. The van der Waals surface area contributed by atoms with Gasteiger partial charge in [0.1, 0.15) is 31.5 Å². The van der Waals surface area contributed by atoms with Gasteiger partial charge in [0, 0.05) is 83.5 Å². The molecular formula is C61H75Br2F2N7O10. The maximum Gasteiger partial charge on any atom is 0.409 e. The summed E-state index contributed by atoms with van der Waals surface area (Å²) in [6.07, 6.45) is 3.01. The predicted molar refractivity (Wildman–Crippen MR) is 323 cm³/mol. The van der Waals surface area contributed by atoms with Crippen molar-refractivity contribution in [1.29, 1.82) is 0 Å². The number of benzene rings is 6. The number of carbonyl (C=O) groups is 3. The third-order valence-electron chi connectivity index (χ3n) is 14.2. The Labute approximate surface area is 495 Å². The number of piperidine rings is 2. The highest BCUT2D eigenvalue weighted by molar-refractivity contribution is 9.10. The number of nitrogens with two attached hydrogens (primary N) is 1. The summed E-state index contributed by atoms with van der Waals surface area (Å²) in [4.78, 5) is 44.2. The lowest BCUT2D eigenvalue weighted by atomic mass is 9.98. The van der Waals surface area contributed by atoms with Gasteiger partial charge >= 0.3 is 18.3 Å². The molecule has 5 N–H and O–H groups in total. The molecule has 0 unspecified atom stereocenters. The zero-order chi connectivity index (χ0) is 58.4. The molecule has 0 atom stereocenters. The van der Waals surface area contributed by atoms with Crippen LogP contribution in [0.2, 0.25) is 0 Å². The number of ether oxygens (including phenoxy) is 7. The van der Waals surface area contributed by atoms with Gasteiger partial charge in [-0.1, -0.05) is 70.0 Å². The first-order chi connectivity index (χ1) is 39.9. The molecule has 82 heavy (non-hydrogen) atoms. The van der Waals surface area contributed by atoms with E-state index in [-0.39, 0.29) is 43.3 Å². The Morgan fingerprint density at radius 2 is 1.02 bits per heavy atom. The second kappa shape index (κ2) is 32.1. The highest BCUT2D eigenvalue weighted by Gasteiger charge is 2.27. The smallest absolute Gasteiger partial charge is 0.409 e. The van der Waals surface area contributed by atoms with Crippen molar-refractivity contribution in [2.45, 2.75) is 52.4 Å². The number of carbonyl (C=O) groups excluding carboxylic acids is 3. The van der Waals surface area contributed by atoms with Gasteiger partial charge in [0.2, 0.25) is 0 Å². The summed E-state index contributed by atoms with van der Waals surface area (Å²) >= 11 is 6.62. The van der Waals surface area contributed by atoms with Crippen molar-refractivity contribution in [2.75, 3.05) is 117 Å². The number of anilines is 4. The van der Waals surface area contributed by atoms with Crippen molar-refractivity contribution in [3.63, 3.8) is 0 Å². The van der Waals surface area contributed by atoms with E-state index in [0.29, 0.717) is 141 Å². The quantitative estimate of drug-likeness (QED) is 0.0313. The number of fused-ring (bicyclic) bond motifs is 2. The van der Waals surface area contributed by atoms with Gasteiger partial charge in [-0.25, -0.2) is 23.2 Å². The first-order valence-corrected chi connectivity index (χ1v) is 29.5. The van der Waals surface area contributed by atoms with Crippen molar-refractivity contribution in [3.8, 4) is 23.0 Å². The number of nitrogens with one attached hydrogen (secondary N) is 3. The topological polar surface area (TPSA) is 188 Å². The Balaban J connectivity index is 0.00000479. The summed E-state index contributed by atoms with van der Waals surface area (Å²) in [5.41, 5.74) is 7.72. The molecule has 0 saturated carbocycles. The Hall–Kier alpha value is -6.81. The number of unbranched alkanes of at least 4 members (excludes halogenated alkanes) is 1. The van der Waals surface area contributed by atoms with E-state index in [2.05, 4.69) is 47.8 Å². The number of alkyl carbamates (subject to hydrolysis) is 1. The monoisotopic (exact) mass is 1260 g/mol. The molecule has 2 heterocycles. The highest BCUT2D eigenvalue weighted by Crippen LogP contribution is 2.40. The number of nitrogens with zero attached hydrogens (tertiary/aromatic N) is 3. The maximum absolute atomic E-state index is 14.7. The Morgan fingerprint density at radius 3 is 1.44 bits per heavy atom. The molecule has 2 fully saturated rings. The van der Waals surface area contributed by atoms with Crippen LogP contribution in [0.25, 0.3) is 21.5 Å². The predicted octanol–water partition coefficient (Wildman–Crippen LogP) is 13.2. The molecule has 0 aliphatic carbocycles. The van der Waals surface area contributed by atoms with Crippen molar-refractivity contribution < 1.29 is 56.3 Å². The molecule has 0 spiro atoms. The summed E-state index contributed by atoms with van der Waals surface area (Å²) in [7, 11) is 3.17. The number of hydrogen-bond donors (Lipinski definition) is 4. The summed E-state index contributed by atoms with van der Waals surface area (Å²) in [6.45, 7) is 9.02. The van der Waals surface area contributed by atoms with E-state index in [1.807, 2.05) is 79.4 Å². The molecule has 21 heteroatoms. The fourth-order valence-corrected chi connectivity index (χ4v) is 10.3. The van der Waals surface area contributed by atoms with E-state index in [0.717, 1.165) is 45.8 Å². The van der Waals surface area contributed by atoms with Crippen LogP contribution >= 0.6 is 31.9 Å². The van der Waals surface area contributed by atoms with Crippen LogP contribution in [0, 0.1) is 23.5 Å². The van der Waals surface area contributed by atoms with Crippen LogP contribution in [0.5, 0.6) is 23.0 Å². The van der Waals surface area contributed by atoms with Gasteiger partial charge in [0.15, 0.2) is 23.0 Å². The Kier molecular flexibility index (Phi) is 24.6. The number of likely N-dealkylation sites (tertiary alicyclic amines) is 2. The van der Waals surface area contributed by atoms with Crippen molar-refractivity contribution in [1.82, 2.24) is 20.0 Å². The standard InChI is InChI=1S/C59H69Br2F2N7O10.C2H6/c1-74-53-35-45-41(7-5-9-49(45)66-51-13-11-43(60)33-47(51)62)31-55(53)79-37-39-15-21-69(22-16-39)58(72)77-29-26-68(25-28-76-57(71)65-20-4-3-19-64)27-30-78-59(73)70-23-17-40(18-24-70)38-80-56-32-42-8-6-10-50(46(42)36-54(56)75-2)67-52-14-12-44(61)34-48(52)63;1-2/h5-14,31-36,39-40,66-67H,3-4,15-30,37-38,64H2,1-2H3,(H,65,71);1-2H3. The average molecular weight is 1260 g/mol. The van der Waals surface area contributed by atoms with E-state index in [1.165, 1.54) is 12.1 Å². The molecule has 6 aromatic carbocycles. The van der Waals surface area contributed by atoms with Gasteiger partial charge in [-0.05, 0) is 140 Å². The molecule has 8 rings (SSSR count). The SMILES string of the molecule is CC.COc1cc2c(Nc3ccc(Br)cc3F)cccc2cc1OCC1CCN(C(=O)OCCN(CCOC(=O)NCCCCN)CCOC(=O)N2CCC(COc3cc4cccc(Nc5ccc(Br)cc5F)c4cc3OC)CC2)CC1. The van der Waals surface area contributed by atoms with Crippen LogP contribution in [-0.2, 0) is 14.2 Å². The van der Waals surface area contributed by atoms with Crippen LogP contribution < -0.4 is 40.6 Å². The lowest BCUT2D eigenvalue weighted by Crippen LogP contribution is -2.42. The number of methoxy groups -OCH3 is 2. The number of hydrogen-bond acceptors (Lipinski definition) is 14. The van der Waals surface area contributed by atoms with Gasteiger partial charge in [-0.15, -0.1) is 0 Å². The minimum Gasteiger partial charge on any atom is -0.493 e. The number of amides is 3.